The summed E-state index contributed by atoms with van der Waals surface area (Å²) in [6.07, 6.45) is -0.893. The van der Waals surface area contributed by atoms with E-state index >= 15 is 0 Å². The number of amides is 2. The summed E-state index contributed by atoms with van der Waals surface area (Å²) in [5, 5.41) is 9.96. The standard InChI is InChI=1S/C16H22N2O5/c1-17(2)15(20)13-8-9-14(19)18(13)16(21)23-10-11-4-6-12(22-3)7-5-11/h4-7,13-14,19H,8-10H2,1-3H3/t13-,14?/m0/s1. The Bertz CT molecular complexity index is 558. The van der Waals surface area contributed by atoms with Gasteiger partial charge in [-0.1, -0.05) is 12.1 Å². The van der Waals surface area contributed by atoms with Crippen LogP contribution in [0.1, 0.15) is 18.4 Å². The van der Waals surface area contributed by atoms with Crippen LogP contribution >= 0.6 is 0 Å². The van der Waals surface area contributed by atoms with Crippen LogP contribution in [0, 0.1) is 0 Å². The third kappa shape index (κ3) is 3.92. The predicted octanol–water partition coefficient (Wildman–Crippen LogP) is 1.20. The monoisotopic (exact) mass is 322 g/mol. The first-order chi connectivity index (χ1) is 10.9. The van der Waals surface area contributed by atoms with Gasteiger partial charge in [-0.25, -0.2) is 4.79 Å². The van der Waals surface area contributed by atoms with E-state index in [1.54, 1.807) is 45.5 Å². The Balaban J connectivity index is 1.98. The van der Waals surface area contributed by atoms with Crippen LogP contribution in [0.5, 0.6) is 5.75 Å². The van der Waals surface area contributed by atoms with Gasteiger partial charge in [0.25, 0.3) is 0 Å². The fraction of sp³-hybridized carbons (Fsp3) is 0.500. The van der Waals surface area contributed by atoms with Crippen molar-refractivity contribution < 1.29 is 24.2 Å². The van der Waals surface area contributed by atoms with Gasteiger partial charge < -0.3 is 19.5 Å². The van der Waals surface area contributed by atoms with Gasteiger partial charge >= 0.3 is 6.09 Å². The number of ether oxygens (including phenoxy) is 2. The molecule has 0 spiro atoms. The van der Waals surface area contributed by atoms with Crippen molar-refractivity contribution in [3.05, 3.63) is 29.8 Å². The molecule has 23 heavy (non-hydrogen) atoms. The maximum atomic E-state index is 12.2. The van der Waals surface area contributed by atoms with Crippen LogP contribution in [0.25, 0.3) is 0 Å². The second-order valence-electron chi connectivity index (χ2n) is 5.62. The zero-order valence-corrected chi connectivity index (χ0v) is 13.6. The first kappa shape index (κ1) is 17.1. The van der Waals surface area contributed by atoms with Crippen molar-refractivity contribution in [1.82, 2.24) is 9.80 Å². The molecule has 7 heteroatoms. The SMILES string of the molecule is COc1ccc(COC(=O)N2C(O)CC[C@H]2C(=O)N(C)C)cc1. The van der Waals surface area contributed by atoms with Crippen molar-refractivity contribution >= 4 is 12.0 Å². The fourth-order valence-corrected chi connectivity index (χ4v) is 2.52. The number of methoxy groups -OCH3 is 1. The molecule has 1 saturated heterocycles. The fourth-order valence-electron chi connectivity index (χ4n) is 2.52. The largest absolute Gasteiger partial charge is 0.497 e. The molecule has 1 aliphatic heterocycles. The zero-order valence-electron chi connectivity index (χ0n) is 13.6. The van der Waals surface area contributed by atoms with E-state index in [0.717, 1.165) is 10.5 Å². The lowest BCUT2D eigenvalue weighted by molar-refractivity contribution is -0.135. The van der Waals surface area contributed by atoms with Crippen molar-refractivity contribution in [3.8, 4) is 5.75 Å². The van der Waals surface area contributed by atoms with Gasteiger partial charge in [-0.2, -0.15) is 0 Å². The Labute approximate surface area is 135 Å². The van der Waals surface area contributed by atoms with Crippen LogP contribution in [0.3, 0.4) is 0 Å². The van der Waals surface area contributed by atoms with Crippen molar-refractivity contribution in [2.75, 3.05) is 21.2 Å². The topological polar surface area (TPSA) is 79.3 Å². The zero-order chi connectivity index (χ0) is 17.0. The summed E-state index contributed by atoms with van der Waals surface area (Å²) >= 11 is 0. The van der Waals surface area contributed by atoms with Gasteiger partial charge in [0.1, 0.15) is 24.6 Å². The molecule has 0 bridgehead atoms. The van der Waals surface area contributed by atoms with Crippen LogP contribution in [-0.2, 0) is 16.1 Å². The number of nitrogens with zero attached hydrogens (tertiary/aromatic N) is 2. The summed E-state index contributed by atoms with van der Waals surface area (Å²) in [5.74, 6) is 0.495. The van der Waals surface area contributed by atoms with E-state index in [0.29, 0.717) is 18.6 Å². The van der Waals surface area contributed by atoms with Crippen LogP contribution in [-0.4, -0.2) is 60.4 Å². The van der Waals surface area contributed by atoms with E-state index < -0.39 is 18.4 Å². The quantitative estimate of drug-likeness (QED) is 0.901. The maximum absolute atomic E-state index is 12.2. The van der Waals surface area contributed by atoms with Crippen molar-refractivity contribution in [3.63, 3.8) is 0 Å². The maximum Gasteiger partial charge on any atom is 0.412 e. The highest BCUT2D eigenvalue weighted by Crippen LogP contribution is 2.25. The summed E-state index contributed by atoms with van der Waals surface area (Å²) < 4.78 is 10.3. The molecule has 1 fully saturated rings. The predicted molar refractivity (Wildman–Crippen MR) is 82.7 cm³/mol. The van der Waals surface area contributed by atoms with Gasteiger partial charge in [-0.15, -0.1) is 0 Å². The van der Waals surface area contributed by atoms with Crippen LogP contribution in [0.4, 0.5) is 4.79 Å². The van der Waals surface area contributed by atoms with Gasteiger partial charge in [-0.3, -0.25) is 9.69 Å². The highest BCUT2D eigenvalue weighted by molar-refractivity contribution is 5.86. The number of likely N-dealkylation sites (tertiary alicyclic amines) is 1. The van der Waals surface area contributed by atoms with Gasteiger partial charge in [0.15, 0.2) is 0 Å². The molecule has 0 radical (unpaired) electrons. The van der Waals surface area contributed by atoms with Crippen LogP contribution in [0.2, 0.25) is 0 Å². The number of benzene rings is 1. The number of aliphatic hydroxyl groups is 1. The van der Waals surface area contributed by atoms with E-state index in [1.807, 2.05) is 0 Å². The summed E-state index contributed by atoms with van der Waals surface area (Å²) in [5.41, 5.74) is 0.795. The molecule has 1 N–H and O–H groups in total. The average Bonchev–Trinajstić information content (AvgIpc) is 2.93. The second-order valence-corrected chi connectivity index (χ2v) is 5.62. The van der Waals surface area contributed by atoms with Crippen molar-refractivity contribution in [1.29, 1.82) is 0 Å². The van der Waals surface area contributed by atoms with Crippen LogP contribution in [0.15, 0.2) is 24.3 Å². The Hall–Kier alpha value is -2.28. The van der Waals surface area contributed by atoms with E-state index in [2.05, 4.69) is 0 Å². The molecule has 7 nitrogen and oxygen atoms in total. The molecule has 0 aliphatic carbocycles. The van der Waals surface area contributed by atoms with Gasteiger partial charge in [0, 0.05) is 14.1 Å². The summed E-state index contributed by atoms with van der Waals surface area (Å²) in [4.78, 5) is 26.9. The molecule has 1 unspecified atom stereocenters. The minimum atomic E-state index is -0.993. The Morgan fingerprint density at radius 2 is 1.91 bits per heavy atom. The van der Waals surface area contributed by atoms with E-state index in [-0.39, 0.29) is 12.5 Å². The van der Waals surface area contributed by atoms with Gasteiger partial charge in [-0.05, 0) is 30.5 Å². The summed E-state index contributed by atoms with van der Waals surface area (Å²) in [6.45, 7) is 0.0644. The lowest BCUT2D eigenvalue weighted by Crippen LogP contribution is -2.48. The second kappa shape index (κ2) is 7.32. The smallest absolute Gasteiger partial charge is 0.412 e. The Kier molecular flexibility index (Phi) is 5.44. The third-order valence-electron chi connectivity index (χ3n) is 3.81. The van der Waals surface area contributed by atoms with E-state index in [9.17, 15) is 14.7 Å². The molecule has 2 rings (SSSR count). The molecule has 126 valence electrons. The van der Waals surface area contributed by atoms with Gasteiger partial charge in [0.05, 0.1) is 7.11 Å². The summed E-state index contributed by atoms with van der Waals surface area (Å²) in [6, 6.07) is 6.44. The first-order valence-corrected chi connectivity index (χ1v) is 7.41. The molecular formula is C16H22N2O5. The molecular weight excluding hydrogens is 300 g/mol. The molecule has 2 amide bonds. The Morgan fingerprint density at radius 3 is 2.48 bits per heavy atom. The molecule has 0 aromatic heterocycles. The van der Waals surface area contributed by atoms with E-state index in [1.165, 1.54) is 4.90 Å². The highest BCUT2D eigenvalue weighted by atomic mass is 16.6. The average molecular weight is 322 g/mol. The minimum Gasteiger partial charge on any atom is -0.497 e. The van der Waals surface area contributed by atoms with Crippen molar-refractivity contribution in [2.24, 2.45) is 0 Å². The number of hydrogen-bond acceptors (Lipinski definition) is 5. The molecule has 1 aromatic carbocycles. The third-order valence-corrected chi connectivity index (χ3v) is 3.81. The number of rotatable bonds is 4. The summed E-state index contributed by atoms with van der Waals surface area (Å²) in [7, 11) is 4.81. The van der Waals surface area contributed by atoms with Crippen molar-refractivity contribution in [2.45, 2.75) is 31.7 Å². The lowest BCUT2D eigenvalue weighted by Gasteiger charge is -2.27. The number of hydrogen-bond donors (Lipinski definition) is 1. The molecule has 1 heterocycles. The number of aliphatic hydroxyl groups excluding tert-OH is 1. The molecule has 1 aromatic rings. The highest BCUT2D eigenvalue weighted by Gasteiger charge is 2.41. The minimum absolute atomic E-state index is 0.0644. The number of carbonyl (C=O) groups is 2. The lowest BCUT2D eigenvalue weighted by atomic mass is 10.2. The van der Waals surface area contributed by atoms with E-state index in [4.69, 9.17) is 9.47 Å². The molecule has 1 aliphatic rings. The number of likely N-dealkylation sites (N-methyl/N-ethyl adjacent to an activating group) is 1. The Morgan fingerprint density at radius 1 is 1.26 bits per heavy atom. The molecule has 2 atom stereocenters. The van der Waals surface area contributed by atoms with Crippen LogP contribution < -0.4 is 4.74 Å². The normalized spacial score (nSPS) is 20.3. The van der Waals surface area contributed by atoms with Gasteiger partial charge in [0.2, 0.25) is 5.91 Å². The first-order valence-electron chi connectivity index (χ1n) is 7.41. The molecule has 0 saturated carbocycles. The number of carbonyl (C=O) groups excluding carboxylic acids is 2.